The van der Waals surface area contributed by atoms with E-state index in [0.717, 1.165) is 22.4 Å². The van der Waals surface area contributed by atoms with Crippen molar-refractivity contribution in [1.82, 2.24) is 0 Å². The van der Waals surface area contributed by atoms with Gasteiger partial charge in [-0.1, -0.05) is 5.11 Å². The minimum absolute atomic E-state index is 0.0331. The van der Waals surface area contributed by atoms with Gasteiger partial charge in [-0.3, -0.25) is 4.79 Å². The van der Waals surface area contributed by atoms with E-state index in [4.69, 9.17) is 15.4 Å². The zero-order chi connectivity index (χ0) is 14.4. The predicted molar refractivity (Wildman–Crippen MR) is 71.2 cm³/mol. The molecule has 0 saturated heterocycles. The average molecular weight is 263 g/mol. The molecule has 0 amide bonds. The fourth-order valence-corrected chi connectivity index (χ4v) is 2.16. The van der Waals surface area contributed by atoms with Gasteiger partial charge in [0.2, 0.25) is 0 Å². The highest BCUT2D eigenvalue weighted by molar-refractivity contribution is 5.66. The Balaban J connectivity index is 3.15. The lowest BCUT2D eigenvalue weighted by Gasteiger charge is -2.17. The van der Waals surface area contributed by atoms with E-state index >= 15 is 0 Å². The Kier molecular flexibility index (Phi) is 5.21. The number of azide groups is 1. The minimum atomic E-state index is -0.901. The van der Waals surface area contributed by atoms with Crippen LogP contribution in [0, 0.1) is 13.8 Å². The predicted octanol–water partition coefficient (Wildman–Crippen LogP) is 3.53. The average Bonchev–Trinajstić information content (AvgIpc) is 2.34. The Morgan fingerprint density at radius 1 is 1.47 bits per heavy atom. The summed E-state index contributed by atoms with van der Waals surface area (Å²) < 4.78 is 5.17. The van der Waals surface area contributed by atoms with E-state index in [1.807, 2.05) is 26.0 Å². The molecule has 6 nitrogen and oxygen atoms in total. The number of carboxylic acids is 1. The molecule has 0 fully saturated rings. The first-order valence-electron chi connectivity index (χ1n) is 5.90. The number of methoxy groups -OCH3 is 1. The summed E-state index contributed by atoms with van der Waals surface area (Å²) in [6, 6.07) is 3.23. The molecule has 0 aromatic heterocycles. The number of rotatable bonds is 6. The molecule has 1 aromatic rings. The number of aliphatic carboxylic acids is 1. The van der Waals surface area contributed by atoms with Crippen molar-refractivity contribution in [1.29, 1.82) is 0 Å². The summed E-state index contributed by atoms with van der Waals surface area (Å²) in [5.74, 6) is -0.168. The second kappa shape index (κ2) is 6.66. The van der Waals surface area contributed by atoms with Crippen molar-refractivity contribution in [3.05, 3.63) is 39.3 Å². The fraction of sp³-hybridized carbons (Fsp3) is 0.462. The molecular formula is C13H17N3O3. The maximum absolute atomic E-state index is 10.7. The van der Waals surface area contributed by atoms with Crippen molar-refractivity contribution in [2.45, 2.75) is 32.7 Å². The quantitative estimate of drug-likeness (QED) is 0.483. The van der Waals surface area contributed by atoms with Gasteiger partial charge in [-0.05, 0) is 54.6 Å². The second-order valence-electron chi connectivity index (χ2n) is 4.33. The minimum Gasteiger partial charge on any atom is -0.497 e. The molecule has 0 heterocycles. The van der Waals surface area contributed by atoms with Crippen molar-refractivity contribution < 1.29 is 14.6 Å². The van der Waals surface area contributed by atoms with Gasteiger partial charge < -0.3 is 9.84 Å². The van der Waals surface area contributed by atoms with Gasteiger partial charge in [-0.25, -0.2) is 0 Å². The van der Waals surface area contributed by atoms with Gasteiger partial charge in [0.15, 0.2) is 0 Å². The van der Waals surface area contributed by atoms with E-state index in [9.17, 15) is 4.79 Å². The van der Waals surface area contributed by atoms with Crippen LogP contribution in [-0.4, -0.2) is 18.2 Å². The van der Waals surface area contributed by atoms with Crippen LogP contribution < -0.4 is 4.74 Å². The summed E-state index contributed by atoms with van der Waals surface area (Å²) in [6.07, 6.45) is 0.252. The summed E-state index contributed by atoms with van der Waals surface area (Å²) in [7, 11) is 1.59. The van der Waals surface area contributed by atoms with E-state index in [0.29, 0.717) is 0 Å². The highest BCUT2D eigenvalue weighted by Gasteiger charge is 2.17. The third-order valence-electron chi connectivity index (χ3n) is 2.96. The van der Waals surface area contributed by atoms with E-state index in [1.165, 1.54) is 0 Å². The lowest BCUT2D eigenvalue weighted by Crippen LogP contribution is -2.05. The van der Waals surface area contributed by atoms with Crippen LogP contribution in [0.25, 0.3) is 10.4 Å². The van der Waals surface area contributed by atoms with Crippen LogP contribution in [0.4, 0.5) is 0 Å². The SMILES string of the molecule is COc1cc(C)c(C(CCC(=O)O)N=[N+]=[N-])c(C)c1. The monoisotopic (exact) mass is 263 g/mol. The Morgan fingerprint density at radius 2 is 2.05 bits per heavy atom. The van der Waals surface area contributed by atoms with Gasteiger partial charge in [0.05, 0.1) is 13.2 Å². The Labute approximate surface area is 111 Å². The number of carboxylic acid groups (broad SMARTS) is 1. The molecule has 1 N–H and O–H groups in total. The van der Waals surface area contributed by atoms with Crippen molar-refractivity contribution in [3.8, 4) is 5.75 Å². The molecule has 102 valence electrons. The van der Waals surface area contributed by atoms with Gasteiger partial charge >= 0.3 is 5.97 Å². The van der Waals surface area contributed by atoms with E-state index in [-0.39, 0.29) is 12.8 Å². The van der Waals surface area contributed by atoms with Crippen LogP contribution in [0.3, 0.4) is 0 Å². The third kappa shape index (κ3) is 3.89. The molecule has 1 unspecified atom stereocenters. The molecule has 0 spiro atoms. The first-order valence-corrected chi connectivity index (χ1v) is 5.90. The lowest BCUT2D eigenvalue weighted by molar-refractivity contribution is -0.137. The molecule has 1 aromatic carbocycles. The van der Waals surface area contributed by atoms with Gasteiger partial charge in [0.25, 0.3) is 0 Å². The second-order valence-corrected chi connectivity index (χ2v) is 4.33. The highest BCUT2D eigenvalue weighted by Crippen LogP contribution is 2.32. The van der Waals surface area contributed by atoms with Crippen LogP contribution in [0.1, 0.15) is 35.6 Å². The number of hydrogen-bond acceptors (Lipinski definition) is 3. The molecule has 19 heavy (non-hydrogen) atoms. The Morgan fingerprint density at radius 3 is 2.47 bits per heavy atom. The first-order chi connectivity index (χ1) is 8.99. The normalized spacial score (nSPS) is 11.5. The number of carbonyl (C=O) groups is 1. The summed E-state index contributed by atoms with van der Waals surface area (Å²) in [5.41, 5.74) is 11.4. The highest BCUT2D eigenvalue weighted by atomic mass is 16.5. The van der Waals surface area contributed by atoms with Gasteiger partial charge in [-0.2, -0.15) is 0 Å². The van der Waals surface area contributed by atoms with Crippen LogP contribution in [0.2, 0.25) is 0 Å². The van der Waals surface area contributed by atoms with Crippen molar-refractivity contribution >= 4 is 5.97 Å². The number of benzene rings is 1. The van der Waals surface area contributed by atoms with Gasteiger partial charge in [0, 0.05) is 11.3 Å². The maximum Gasteiger partial charge on any atom is 0.303 e. The van der Waals surface area contributed by atoms with E-state index in [1.54, 1.807) is 7.11 Å². The maximum atomic E-state index is 10.7. The molecule has 0 aliphatic rings. The molecule has 0 bridgehead atoms. The summed E-state index contributed by atoms with van der Waals surface area (Å²) in [5, 5.41) is 12.5. The Hall–Kier alpha value is -2.20. The number of nitrogens with zero attached hydrogens (tertiary/aromatic N) is 3. The summed E-state index contributed by atoms with van der Waals surface area (Å²) in [4.78, 5) is 13.5. The van der Waals surface area contributed by atoms with Crippen LogP contribution in [0.5, 0.6) is 5.75 Å². The molecular weight excluding hydrogens is 246 g/mol. The van der Waals surface area contributed by atoms with Gasteiger partial charge in [0.1, 0.15) is 5.75 Å². The van der Waals surface area contributed by atoms with Crippen LogP contribution in [0.15, 0.2) is 17.2 Å². The van der Waals surface area contributed by atoms with Crippen LogP contribution >= 0.6 is 0 Å². The first kappa shape index (κ1) is 14.9. The topological polar surface area (TPSA) is 95.3 Å². The number of hydrogen-bond donors (Lipinski definition) is 1. The molecule has 0 saturated carbocycles. The van der Waals surface area contributed by atoms with Crippen molar-refractivity contribution in [2.24, 2.45) is 5.11 Å². The number of aryl methyl sites for hydroxylation is 2. The number of ether oxygens (including phenoxy) is 1. The van der Waals surface area contributed by atoms with Crippen molar-refractivity contribution in [3.63, 3.8) is 0 Å². The van der Waals surface area contributed by atoms with Crippen LogP contribution in [-0.2, 0) is 4.79 Å². The molecule has 0 radical (unpaired) electrons. The van der Waals surface area contributed by atoms with Gasteiger partial charge in [-0.15, -0.1) is 0 Å². The smallest absolute Gasteiger partial charge is 0.303 e. The zero-order valence-electron chi connectivity index (χ0n) is 11.3. The summed E-state index contributed by atoms with van der Waals surface area (Å²) in [6.45, 7) is 3.79. The molecule has 0 aliphatic heterocycles. The largest absolute Gasteiger partial charge is 0.497 e. The fourth-order valence-electron chi connectivity index (χ4n) is 2.16. The standard InChI is InChI=1S/C13H17N3O3/c1-8-6-10(19-3)7-9(2)13(8)11(15-16-14)4-5-12(17)18/h6-7,11H,4-5H2,1-3H3,(H,17,18). The van der Waals surface area contributed by atoms with E-state index < -0.39 is 12.0 Å². The van der Waals surface area contributed by atoms with Crippen molar-refractivity contribution in [2.75, 3.05) is 7.11 Å². The molecule has 6 heteroatoms. The molecule has 1 rings (SSSR count). The summed E-state index contributed by atoms with van der Waals surface area (Å²) >= 11 is 0. The molecule has 0 aliphatic carbocycles. The lowest BCUT2D eigenvalue weighted by atomic mass is 9.93. The Bertz CT molecular complexity index is 499. The zero-order valence-corrected chi connectivity index (χ0v) is 11.3. The molecule has 1 atom stereocenters. The van der Waals surface area contributed by atoms with E-state index in [2.05, 4.69) is 10.0 Å². The third-order valence-corrected chi connectivity index (χ3v) is 2.96.